The van der Waals surface area contributed by atoms with E-state index in [1.165, 1.54) is 4.88 Å². The van der Waals surface area contributed by atoms with Crippen molar-refractivity contribution in [3.8, 4) is 11.3 Å². The zero-order valence-electron chi connectivity index (χ0n) is 10.4. The number of benzene rings is 1. The second-order valence-corrected chi connectivity index (χ2v) is 6.09. The summed E-state index contributed by atoms with van der Waals surface area (Å²) in [6.45, 7) is 2.12. The number of nitrogen functional groups attached to an aromatic ring is 1. The molecule has 19 heavy (non-hydrogen) atoms. The number of hydrogen-bond donors (Lipinski definition) is 3. The van der Waals surface area contributed by atoms with Crippen LogP contribution in [0.2, 0.25) is 0 Å². The van der Waals surface area contributed by atoms with Gasteiger partial charge in [0.2, 0.25) is 0 Å². The SMILES string of the molecule is CCc1sc(N)nc1-c1ccc(Br)cc1.NC(N)=S. The zero-order chi connectivity index (χ0) is 14.4. The molecule has 0 spiro atoms. The number of anilines is 1. The first-order chi connectivity index (χ1) is 8.93. The van der Waals surface area contributed by atoms with Gasteiger partial charge < -0.3 is 17.2 Å². The predicted octanol–water partition coefficient (Wildman–Crippen LogP) is 2.91. The van der Waals surface area contributed by atoms with E-state index in [2.05, 4.69) is 63.7 Å². The van der Waals surface area contributed by atoms with Crippen molar-refractivity contribution < 1.29 is 0 Å². The molecule has 0 bridgehead atoms. The Bertz CT molecular complexity index is 547. The highest BCUT2D eigenvalue weighted by atomic mass is 79.9. The Hall–Kier alpha value is -1.18. The van der Waals surface area contributed by atoms with Crippen LogP contribution in [-0.2, 0) is 6.42 Å². The van der Waals surface area contributed by atoms with Crippen molar-refractivity contribution in [3.63, 3.8) is 0 Å². The van der Waals surface area contributed by atoms with Gasteiger partial charge in [-0.15, -0.1) is 11.3 Å². The lowest BCUT2D eigenvalue weighted by Gasteiger charge is -1.99. The minimum Gasteiger partial charge on any atom is -0.377 e. The smallest absolute Gasteiger partial charge is 0.180 e. The van der Waals surface area contributed by atoms with Gasteiger partial charge in [0.25, 0.3) is 0 Å². The van der Waals surface area contributed by atoms with Crippen molar-refractivity contribution in [2.45, 2.75) is 13.3 Å². The fraction of sp³-hybridized carbons (Fsp3) is 0.167. The molecule has 0 atom stereocenters. The lowest BCUT2D eigenvalue weighted by molar-refractivity contribution is 1.17. The summed E-state index contributed by atoms with van der Waals surface area (Å²) in [6.07, 6.45) is 0.972. The molecule has 2 rings (SSSR count). The van der Waals surface area contributed by atoms with E-state index in [1.807, 2.05) is 12.1 Å². The monoisotopic (exact) mass is 358 g/mol. The second-order valence-electron chi connectivity index (χ2n) is 3.59. The average Bonchev–Trinajstić information content (AvgIpc) is 2.71. The average molecular weight is 359 g/mol. The molecule has 0 saturated carbocycles. The van der Waals surface area contributed by atoms with Gasteiger partial charge in [-0.25, -0.2) is 4.98 Å². The van der Waals surface area contributed by atoms with Gasteiger partial charge in [-0.3, -0.25) is 0 Å². The maximum absolute atomic E-state index is 5.72. The number of nitrogens with zero attached hydrogens (tertiary/aromatic N) is 1. The van der Waals surface area contributed by atoms with Gasteiger partial charge in [-0.2, -0.15) is 0 Å². The highest BCUT2D eigenvalue weighted by molar-refractivity contribution is 9.10. The third kappa shape index (κ3) is 5.14. The first kappa shape index (κ1) is 15.9. The van der Waals surface area contributed by atoms with Crippen molar-refractivity contribution in [2.24, 2.45) is 11.5 Å². The van der Waals surface area contributed by atoms with Gasteiger partial charge in [-0.1, -0.05) is 35.0 Å². The van der Waals surface area contributed by atoms with Gasteiger partial charge in [0.1, 0.15) is 0 Å². The summed E-state index contributed by atoms with van der Waals surface area (Å²) < 4.78 is 1.08. The van der Waals surface area contributed by atoms with E-state index in [9.17, 15) is 0 Å². The van der Waals surface area contributed by atoms with Gasteiger partial charge in [0, 0.05) is 14.9 Å². The Balaban J connectivity index is 0.000000399. The van der Waals surface area contributed by atoms with Crippen LogP contribution in [0.15, 0.2) is 28.7 Å². The lowest BCUT2D eigenvalue weighted by atomic mass is 10.1. The Labute approximate surface area is 130 Å². The fourth-order valence-corrected chi connectivity index (χ4v) is 2.50. The van der Waals surface area contributed by atoms with E-state index in [0.717, 1.165) is 22.2 Å². The Kier molecular flexibility index (Phi) is 6.20. The molecule has 0 saturated heterocycles. The molecule has 6 N–H and O–H groups in total. The molecule has 7 heteroatoms. The number of thiocarbonyl (C=S) groups is 1. The number of hydrogen-bond acceptors (Lipinski definition) is 4. The van der Waals surface area contributed by atoms with E-state index in [-0.39, 0.29) is 5.11 Å². The largest absolute Gasteiger partial charge is 0.377 e. The number of aromatic nitrogens is 1. The maximum Gasteiger partial charge on any atom is 0.180 e. The van der Waals surface area contributed by atoms with E-state index in [0.29, 0.717) is 5.13 Å². The minimum absolute atomic E-state index is 0.000000000000000222. The number of thiazole rings is 1. The quantitative estimate of drug-likeness (QED) is 0.717. The van der Waals surface area contributed by atoms with Crippen molar-refractivity contribution >= 4 is 49.7 Å². The van der Waals surface area contributed by atoms with Crippen LogP contribution >= 0.6 is 39.5 Å². The fourth-order valence-electron chi connectivity index (χ4n) is 1.44. The summed E-state index contributed by atoms with van der Waals surface area (Å²) >= 11 is 9.08. The molecule has 1 aromatic carbocycles. The molecule has 2 aromatic rings. The number of rotatable bonds is 2. The Morgan fingerprint density at radius 2 is 1.84 bits per heavy atom. The molecule has 0 aliphatic carbocycles. The summed E-state index contributed by atoms with van der Waals surface area (Å²) in [4.78, 5) is 5.61. The predicted molar refractivity (Wildman–Crippen MR) is 90.0 cm³/mol. The van der Waals surface area contributed by atoms with Crippen LogP contribution in [0, 0.1) is 0 Å². The summed E-state index contributed by atoms with van der Waals surface area (Å²) in [5.41, 5.74) is 17.1. The number of aryl methyl sites for hydroxylation is 1. The molecular weight excluding hydrogens is 344 g/mol. The first-order valence-corrected chi connectivity index (χ1v) is 7.51. The molecule has 0 aliphatic rings. The topological polar surface area (TPSA) is 90.9 Å². The van der Waals surface area contributed by atoms with Crippen LogP contribution in [0.3, 0.4) is 0 Å². The maximum atomic E-state index is 5.72. The minimum atomic E-state index is 0.000000000000000222. The molecule has 0 radical (unpaired) electrons. The third-order valence-corrected chi connectivity index (χ3v) is 3.71. The Morgan fingerprint density at radius 1 is 1.32 bits per heavy atom. The van der Waals surface area contributed by atoms with Crippen LogP contribution in [0.4, 0.5) is 5.13 Å². The summed E-state index contributed by atoms with van der Waals surface area (Å²) in [7, 11) is 0. The van der Waals surface area contributed by atoms with Gasteiger partial charge in [0.15, 0.2) is 10.2 Å². The lowest BCUT2D eigenvalue weighted by Crippen LogP contribution is -2.18. The summed E-state index contributed by atoms with van der Waals surface area (Å²) in [6, 6.07) is 8.14. The van der Waals surface area contributed by atoms with E-state index < -0.39 is 0 Å². The van der Waals surface area contributed by atoms with Crippen LogP contribution in [0.1, 0.15) is 11.8 Å². The summed E-state index contributed by atoms with van der Waals surface area (Å²) in [5, 5.41) is 0.643. The molecule has 0 unspecified atom stereocenters. The standard InChI is InChI=1S/C11H11BrN2S.CH4N2S/c1-2-9-10(14-11(13)15-9)7-3-5-8(12)6-4-7;2-1(3)4/h3-6H,2H2,1H3,(H2,13,14);(H4,2,3,4). The zero-order valence-corrected chi connectivity index (χ0v) is 13.6. The van der Waals surface area contributed by atoms with Crippen LogP contribution in [0.25, 0.3) is 11.3 Å². The molecule has 4 nitrogen and oxygen atoms in total. The highest BCUT2D eigenvalue weighted by Gasteiger charge is 2.09. The van der Waals surface area contributed by atoms with E-state index in [1.54, 1.807) is 11.3 Å². The summed E-state index contributed by atoms with van der Waals surface area (Å²) in [5.74, 6) is 0. The molecule has 102 valence electrons. The second kappa shape index (κ2) is 7.42. The van der Waals surface area contributed by atoms with Crippen molar-refractivity contribution in [1.82, 2.24) is 4.98 Å². The van der Waals surface area contributed by atoms with Gasteiger partial charge in [-0.05, 0) is 30.8 Å². The molecule has 0 aliphatic heterocycles. The Morgan fingerprint density at radius 3 is 2.32 bits per heavy atom. The van der Waals surface area contributed by atoms with Crippen molar-refractivity contribution in [1.29, 1.82) is 0 Å². The van der Waals surface area contributed by atoms with Gasteiger partial charge in [0.05, 0.1) is 5.69 Å². The number of nitrogens with two attached hydrogens (primary N) is 3. The molecule has 1 heterocycles. The van der Waals surface area contributed by atoms with E-state index >= 15 is 0 Å². The van der Waals surface area contributed by atoms with E-state index in [4.69, 9.17) is 5.73 Å². The third-order valence-electron chi connectivity index (χ3n) is 2.15. The van der Waals surface area contributed by atoms with Crippen LogP contribution in [0.5, 0.6) is 0 Å². The normalized spacial score (nSPS) is 9.58. The van der Waals surface area contributed by atoms with Gasteiger partial charge >= 0.3 is 0 Å². The van der Waals surface area contributed by atoms with Crippen molar-refractivity contribution in [2.75, 3.05) is 5.73 Å². The van der Waals surface area contributed by atoms with Crippen LogP contribution < -0.4 is 17.2 Å². The molecule has 0 fully saturated rings. The van der Waals surface area contributed by atoms with Crippen molar-refractivity contribution in [3.05, 3.63) is 33.6 Å². The van der Waals surface area contributed by atoms with Crippen LogP contribution in [-0.4, -0.2) is 10.1 Å². The molecule has 0 amide bonds. The molecule has 1 aromatic heterocycles. The molecular formula is C12H15BrN4S2. The number of halogens is 1. The first-order valence-electron chi connectivity index (χ1n) is 5.50. The highest BCUT2D eigenvalue weighted by Crippen LogP contribution is 2.30.